The number of hydrogen-bond donors (Lipinski definition) is 1. The number of benzene rings is 3. The maximum Gasteiger partial charge on any atom is 0.227 e. The molecule has 3 aromatic carbocycles. The molecule has 2 heterocycles. The predicted molar refractivity (Wildman–Crippen MR) is 125 cm³/mol. The minimum Gasteiger partial charge on any atom is -0.343 e. The Bertz CT molecular complexity index is 1210. The van der Waals surface area contributed by atoms with E-state index < -0.39 is 5.92 Å². The third-order valence-electron chi connectivity index (χ3n) is 5.96. The van der Waals surface area contributed by atoms with Crippen LogP contribution in [0.1, 0.15) is 23.7 Å². The van der Waals surface area contributed by atoms with Gasteiger partial charge in [0.05, 0.1) is 23.3 Å². The molecule has 5 rings (SSSR count). The number of amides is 2. The molecule has 1 saturated heterocycles. The summed E-state index contributed by atoms with van der Waals surface area (Å²) < 4.78 is 0. The second kappa shape index (κ2) is 8.63. The molecule has 0 spiro atoms. The van der Waals surface area contributed by atoms with E-state index in [0.717, 1.165) is 27.7 Å². The molecule has 0 aliphatic carbocycles. The lowest BCUT2D eigenvalue weighted by molar-refractivity contribution is -0.126. The monoisotopic (exact) mass is 421 g/mol. The molecule has 0 saturated carbocycles. The predicted octanol–water partition coefficient (Wildman–Crippen LogP) is 4.49. The standard InChI is InChI=1S/C27H23N3O2/c31-25-17-21(18-30(25)24-15-8-12-19-9-4-5-13-22(19)24)27(32)29-26(20-10-2-1-3-11-20)23-14-6-7-16-28-23/h1-16,21,26H,17-18H2,(H,29,32). The van der Waals surface area contributed by atoms with Gasteiger partial charge < -0.3 is 10.2 Å². The van der Waals surface area contributed by atoms with Gasteiger partial charge in [0.25, 0.3) is 0 Å². The average Bonchev–Trinajstić information content (AvgIpc) is 3.24. The Labute approximate surface area is 186 Å². The van der Waals surface area contributed by atoms with Crippen LogP contribution in [-0.4, -0.2) is 23.3 Å². The van der Waals surface area contributed by atoms with E-state index in [4.69, 9.17) is 0 Å². The first-order valence-electron chi connectivity index (χ1n) is 10.7. The first-order chi connectivity index (χ1) is 15.7. The molecule has 0 radical (unpaired) electrons. The maximum absolute atomic E-state index is 13.3. The quantitative estimate of drug-likeness (QED) is 0.516. The normalized spacial score (nSPS) is 16.8. The first kappa shape index (κ1) is 19.9. The molecular formula is C27H23N3O2. The van der Waals surface area contributed by atoms with Gasteiger partial charge in [-0.05, 0) is 29.1 Å². The lowest BCUT2D eigenvalue weighted by Gasteiger charge is -2.22. The molecular weight excluding hydrogens is 398 g/mol. The van der Waals surface area contributed by atoms with Crippen LogP contribution in [0.3, 0.4) is 0 Å². The Kier molecular flexibility index (Phi) is 5.38. The second-order valence-corrected chi connectivity index (χ2v) is 8.01. The average molecular weight is 422 g/mol. The zero-order chi connectivity index (χ0) is 21.9. The Morgan fingerprint density at radius 3 is 2.47 bits per heavy atom. The van der Waals surface area contributed by atoms with Gasteiger partial charge in [0.2, 0.25) is 11.8 Å². The van der Waals surface area contributed by atoms with Crippen LogP contribution in [0.25, 0.3) is 10.8 Å². The van der Waals surface area contributed by atoms with Gasteiger partial charge in [0.1, 0.15) is 0 Å². The Morgan fingerprint density at radius 1 is 0.906 bits per heavy atom. The fourth-order valence-corrected chi connectivity index (χ4v) is 4.34. The van der Waals surface area contributed by atoms with Gasteiger partial charge in [-0.2, -0.15) is 0 Å². The van der Waals surface area contributed by atoms with Crippen molar-refractivity contribution in [3.8, 4) is 0 Å². The van der Waals surface area contributed by atoms with E-state index >= 15 is 0 Å². The molecule has 5 heteroatoms. The van der Waals surface area contributed by atoms with Crippen LogP contribution in [-0.2, 0) is 9.59 Å². The second-order valence-electron chi connectivity index (χ2n) is 8.01. The van der Waals surface area contributed by atoms with E-state index in [0.29, 0.717) is 6.54 Å². The number of anilines is 1. The molecule has 2 atom stereocenters. The molecule has 1 aliphatic rings. The molecule has 158 valence electrons. The minimum absolute atomic E-state index is 0.0319. The fraction of sp³-hybridized carbons (Fsp3) is 0.148. The van der Waals surface area contributed by atoms with Crippen LogP contribution in [0.2, 0.25) is 0 Å². The zero-order valence-electron chi connectivity index (χ0n) is 17.5. The van der Waals surface area contributed by atoms with E-state index in [1.165, 1.54) is 0 Å². The number of carbonyl (C=O) groups excluding carboxylic acids is 2. The number of hydrogen-bond acceptors (Lipinski definition) is 3. The topological polar surface area (TPSA) is 62.3 Å². The van der Waals surface area contributed by atoms with Gasteiger partial charge in [-0.3, -0.25) is 14.6 Å². The summed E-state index contributed by atoms with van der Waals surface area (Å²) in [6.45, 7) is 0.363. The molecule has 2 unspecified atom stereocenters. The number of fused-ring (bicyclic) bond motifs is 1. The summed E-state index contributed by atoms with van der Waals surface area (Å²) in [5.74, 6) is -0.590. The molecule has 1 aliphatic heterocycles. The summed E-state index contributed by atoms with van der Waals surface area (Å²) in [6.07, 6.45) is 1.91. The molecule has 2 amide bonds. The van der Waals surface area contributed by atoms with Crippen molar-refractivity contribution in [3.63, 3.8) is 0 Å². The van der Waals surface area contributed by atoms with Crippen molar-refractivity contribution in [1.82, 2.24) is 10.3 Å². The number of pyridine rings is 1. The van der Waals surface area contributed by atoms with Crippen molar-refractivity contribution in [1.29, 1.82) is 0 Å². The van der Waals surface area contributed by atoms with E-state index in [2.05, 4.69) is 10.3 Å². The zero-order valence-corrected chi connectivity index (χ0v) is 17.5. The van der Waals surface area contributed by atoms with Gasteiger partial charge in [0, 0.05) is 24.5 Å². The van der Waals surface area contributed by atoms with Crippen LogP contribution in [0.15, 0.2) is 97.2 Å². The Balaban J connectivity index is 1.39. The smallest absolute Gasteiger partial charge is 0.227 e. The van der Waals surface area contributed by atoms with E-state index in [-0.39, 0.29) is 24.3 Å². The van der Waals surface area contributed by atoms with Gasteiger partial charge in [-0.1, -0.05) is 72.8 Å². The summed E-state index contributed by atoms with van der Waals surface area (Å²) in [5, 5.41) is 5.23. The number of aromatic nitrogens is 1. The highest BCUT2D eigenvalue weighted by molar-refractivity contribution is 6.07. The molecule has 1 fully saturated rings. The number of nitrogens with zero attached hydrogens (tertiary/aromatic N) is 2. The molecule has 1 aromatic heterocycles. The van der Waals surface area contributed by atoms with Crippen LogP contribution in [0.4, 0.5) is 5.69 Å². The van der Waals surface area contributed by atoms with Crippen LogP contribution in [0, 0.1) is 5.92 Å². The van der Waals surface area contributed by atoms with E-state index in [1.54, 1.807) is 11.1 Å². The summed E-state index contributed by atoms with van der Waals surface area (Å²) >= 11 is 0. The van der Waals surface area contributed by atoms with Gasteiger partial charge in [-0.25, -0.2) is 0 Å². The SMILES string of the molecule is O=C(NC(c1ccccc1)c1ccccn1)C1CC(=O)N(c2cccc3ccccc23)C1. The van der Waals surface area contributed by atoms with Crippen LogP contribution in [0.5, 0.6) is 0 Å². The lowest BCUT2D eigenvalue weighted by Crippen LogP contribution is -2.36. The molecule has 32 heavy (non-hydrogen) atoms. The van der Waals surface area contributed by atoms with Gasteiger partial charge in [0.15, 0.2) is 0 Å². The Hall–Kier alpha value is -3.99. The maximum atomic E-state index is 13.3. The summed E-state index contributed by atoms with van der Waals surface area (Å²) in [6, 6.07) is 29.0. The van der Waals surface area contributed by atoms with Crippen molar-refractivity contribution < 1.29 is 9.59 Å². The van der Waals surface area contributed by atoms with E-state index in [1.807, 2.05) is 91.0 Å². The van der Waals surface area contributed by atoms with Crippen molar-refractivity contribution in [2.45, 2.75) is 12.5 Å². The highest BCUT2D eigenvalue weighted by atomic mass is 16.2. The van der Waals surface area contributed by atoms with Crippen LogP contribution >= 0.6 is 0 Å². The van der Waals surface area contributed by atoms with E-state index in [9.17, 15) is 9.59 Å². The fourth-order valence-electron chi connectivity index (χ4n) is 4.34. The summed E-state index contributed by atoms with van der Waals surface area (Å²) in [4.78, 5) is 32.4. The largest absolute Gasteiger partial charge is 0.343 e. The molecule has 5 nitrogen and oxygen atoms in total. The van der Waals surface area contributed by atoms with Gasteiger partial charge in [-0.15, -0.1) is 0 Å². The van der Waals surface area contributed by atoms with Crippen molar-refractivity contribution in [2.24, 2.45) is 5.92 Å². The van der Waals surface area contributed by atoms with Crippen molar-refractivity contribution >= 4 is 28.3 Å². The highest BCUT2D eigenvalue weighted by Gasteiger charge is 2.36. The van der Waals surface area contributed by atoms with Crippen molar-refractivity contribution in [3.05, 3.63) is 108 Å². The number of nitrogens with one attached hydrogen (secondary N) is 1. The number of rotatable bonds is 5. The van der Waals surface area contributed by atoms with Crippen molar-refractivity contribution in [2.75, 3.05) is 11.4 Å². The first-order valence-corrected chi connectivity index (χ1v) is 10.7. The highest BCUT2D eigenvalue weighted by Crippen LogP contribution is 2.32. The lowest BCUT2D eigenvalue weighted by atomic mass is 10.0. The molecule has 4 aromatic rings. The summed E-state index contributed by atoms with van der Waals surface area (Å²) in [7, 11) is 0. The van der Waals surface area contributed by atoms with Gasteiger partial charge >= 0.3 is 0 Å². The third-order valence-corrected chi connectivity index (χ3v) is 5.96. The third kappa shape index (κ3) is 3.85. The number of carbonyl (C=O) groups is 2. The minimum atomic E-state index is -0.420. The molecule has 1 N–H and O–H groups in total. The molecule has 0 bridgehead atoms. The Morgan fingerprint density at radius 2 is 1.66 bits per heavy atom. The van der Waals surface area contributed by atoms with Crippen LogP contribution < -0.4 is 10.2 Å². The summed E-state index contributed by atoms with van der Waals surface area (Å²) in [5.41, 5.74) is 2.57.